The average molecular weight is 316 g/mol. The van der Waals surface area contributed by atoms with Crippen molar-refractivity contribution in [3.8, 4) is 0 Å². The molecule has 0 fully saturated rings. The van der Waals surface area contributed by atoms with Gasteiger partial charge >= 0.3 is 5.97 Å². The van der Waals surface area contributed by atoms with Crippen molar-refractivity contribution in [2.24, 2.45) is 0 Å². The van der Waals surface area contributed by atoms with E-state index in [4.69, 9.17) is 23.2 Å². The third kappa shape index (κ3) is 4.87. The Kier molecular flexibility index (Phi) is 6.55. The van der Waals surface area contributed by atoms with Crippen molar-refractivity contribution in [3.05, 3.63) is 39.9 Å². The Morgan fingerprint density at radius 1 is 1.40 bits per heavy atom. The van der Waals surface area contributed by atoms with Crippen LogP contribution in [0.25, 0.3) is 6.08 Å². The molecule has 0 aliphatic carbocycles. The Morgan fingerprint density at radius 2 is 2.10 bits per heavy atom. The molecule has 0 saturated carbocycles. The third-order valence-electron chi connectivity index (χ3n) is 2.59. The molecule has 108 valence electrons. The quantitative estimate of drug-likeness (QED) is 0.671. The number of halogens is 2. The van der Waals surface area contributed by atoms with Crippen LogP contribution in [-0.2, 0) is 14.3 Å². The predicted molar refractivity (Wildman–Crippen MR) is 79.7 cm³/mol. The van der Waals surface area contributed by atoms with Gasteiger partial charge < -0.3 is 10.1 Å². The molecular weight excluding hydrogens is 301 g/mol. The first-order valence-electron chi connectivity index (χ1n) is 5.99. The highest BCUT2D eigenvalue weighted by Gasteiger charge is 2.17. The number of benzene rings is 1. The van der Waals surface area contributed by atoms with Crippen LogP contribution in [0.5, 0.6) is 0 Å². The summed E-state index contributed by atoms with van der Waals surface area (Å²) in [7, 11) is 1.28. The van der Waals surface area contributed by atoms with Crippen molar-refractivity contribution in [2.75, 3.05) is 7.11 Å². The summed E-state index contributed by atoms with van der Waals surface area (Å²) in [6.45, 7) is 1.78. The van der Waals surface area contributed by atoms with E-state index in [1.165, 1.54) is 13.2 Å². The number of esters is 1. The highest BCUT2D eigenvalue weighted by Crippen LogP contribution is 2.21. The van der Waals surface area contributed by atoms with E-state index in [0.29, 0.717) is 22.0 Å². The van der Waals surface area contributed by atoms with Gasteiger partial charge in [0.1, 0.15) is 6.04 Å². The van der Waals surface area contributed by atoms with Crippen LogP contribution in [0.1, 0.15) is 18.9 Å². The minimum Gasteiger partial charge on any atom is -0.467 e. The lowest BCUT2D eigenvalue weighted by molar-refractivity contribution is -0.144. The van der Waals surface area contributed by atoms with Gasteiger partial charge in [0.15, 0.2) is 0 Å². The van der Waals surface area contributed by atoms with Crippen LogP contribution in [0.15, 0.2) is 24.3 Å². The molecule has 0 aromatic heterocycles. The van der Waals surface area contributed by atoms with E-state index in [1.54, 1.807) is 31.2 Å². The number of methoxy groups -OCH3 is 1. The van der Waals surface area contributed by atoms with Crippen LogP contribution in [0.2, 0.25) is 10.0 Å². The Labute approximate surface area is 127 Å². The van der Waals surface area contributed by atoms with Crippen LogP contribution in [0.3, 0.4) is 0 Å². The fraction of sp³-hybridized carbons (Fsp3) is 0.286. The summed E-state index contributed by atoms with van der Waals surface area (Å²) in [5, 5.41) is 3.52. The molecule has 6 heteroatoms. The standard InChI is InChI=1S/C14H15Cl2NO3/c1-3-12(14(19)20-2)17-13(18)7-5-9-4-6-10(15)8-11(9)16/h4-8,12H,3H2,1-2H3,(H,17,18)/b7-5+. The first-order valence-corrected chi connectivity index (χ1v) is 6.75. The molecule has 1 atom stereocenters. The number of hydrogen-bond donors (Lipinski definition) is 1. The molecule has 0 saturated heterocycles. The first kappa shape index (κ1) is 16.5. The van der Waals surface area contributed by atoms with Gasteiger partial charge in [0.2, 0.25) is 5.91 Å². The highest BCUT2D eigenvalue weighted by atomic mass is 35.5. The number of hydrogen-bond acceptors (Lipinski definition) is 3. The van der Waals surface area contributed by atoms with Gasteiger partial charge in [0.05, 0.1) is 7.11 Å². The minimum atomic E-state index is -0.655. The summed E-state index contributed by atoms with van der Waals surface area (Å²) >= 11 is 11.8. The van der Waals surface area contributed by atoms with Crippen LogP contribution >= 0.6 is 23.2 Å². The van der Waals surface area contributed by atoms with E-state index in [1.807, 2.05) is 0 Å². The van der Waals surface area contributed by atoms with Crippen molar-refractivity contribution in [3.63, 3.8) is 0 Å². The third-order valence-corrected chi connectivity index (χ3v) is 3.15. The topological polar surface area (TPSA) is 55.4 Å². The molecule has 0 aliphatic heterocycles. The van der Waals surface area contributed by atoms with E-state index in [2.05, 4.69) is 10.1 Å². The maximum atomic E-state index is 11.7. The molecule has 0 radical (unpaired) electrons. The second-order valence-corrected chi connectivity index (χ2v) is 4.84. The Bertz CT molecular complexity index is 529. The number of ether oxygens (including phenoxy) is 1. The van der Waals surface area contributed by atoms with Gasteiger partial charge in [-0.15, -0.1) is 0 Å². The lowest BCUT2D eigenvalue weighted by Crippen LogP contribution is -2.40. The fourth-order valence-electron chi connectivity index (χ4n) is 1.49. The van der Waals surface area contributed by atoms with Gasteiger partial charge in [-0.05, 0) is 30.2 Å². The summed E-state index contributed by atoms with van der Waals surface area (Å²) in [5.41, 5.74) is 0.664. The summed E-state index contributed by atoms with van der Waals surface area (Å²) in [5.74, 6) is -0.868. The average Bonchev–Trinajstić information content (AvgIpc) is 2.43. The van der Waals surface area contributed by atoms with Gasteiger partial charge in [-0.25, -0.2) is 4.79 Å². The molecular formula is C14H15Cl2NO3. The molecule has 1 rings (SSSR count). The lowest BCUT2D eigenvalue weighted by Gasteiger charge is -2.12. The molecule has 0 spiro atoms. The summed E-state index contributed by atoms with van der Waals surface area (Å²) in [4.78, 5) is 23.1. The van der Waals surface area contributed by atoms with Gasteiger partial charge in [0.25, 0.3) is 0 Å². The van der Waals surface area contributed by atoms with E-state index < -0.39 is 17.9 Å². The Hall–Kier alpha value is -1.52. The summed E-state index contributed by atoms with van der Waals surface area (Å²) < 4.78 is 4.59. The van der Waals surface area contributed by atoms with Crippen LogP contribution in [0, 0.1) is 0 Å². The van der Waals surface area contributed by atoms with E-state index in [-0.39, 0.29) is 0 Å². The monoisotopic (exact) mass is 315 g/mol. The van der Waals surface area contributed by atoms with Crippen LogP contribution < -0.4 is 5.32 Å². The molecule has 4 nitrogen and oxygen atoms in total. The maximum Gasteiger partial charge on any atom is 0.328 e. The largest absolute Gasteiger partial charge is 0.467 e. The zero-order chi connectivity index (χ0) is 15.1. The Morgan fingerprint density at radius 3 is 2.65 bits per heavy atom. The molecule has 1 aromatic rings. The predicted octanol–water partition coefficient (Wildman–Crippen LogP) is 3.07. The molecule has 0 heterocycles. The first-order chi connectivity index (χ1) is 9.47. The highest BCUT2D eigenvalue weighted by molar-refractivity contribution is 6.35. The van der Waals surface area contributed by atoms with E-state index >= 15 is 0 Å². The molecule has 0 bridgehead atoms. The number of amides is 1. The molecule has 1 unspecified atom stereocenters. The summed E-state index contributed by atoms with van der Waals surface area (Å²) in [6.07, 6.45) is 3.31. The van der Waals surface area contributed by atoms with E-state index in [9.17, 15) is 9.59 Å². The number of carbonyl (C=O) groups is 2. The van der Waals surface area contributed by atoms with Crippen molar-refractivity contribution in [1.82, 2.24) is 5.32 Å². The van der Waals surface area contributed by atoms with Crippen molar-refractivity contribution >= 4 is 41.2 Å². The van der Waals surface area contributed by atoms with Gasteiger partial charge in [-0.1, -0.05) is 36.2 Å². The van der Waals surface area contributed by atoms with Crippen LogP contribution in [-0.4, -0.2) is 25.0 Å². The minimum absolute atomic E-state index is 0.395. The molecule has 1 aromatic carbocycles. The number of carbonyl (C=O) groups excluding carboxylic acids is 2. The van der Waals surface area contributed by atoms with Crippen LogP contribution in [0.4, 0.5) is 0 Å². The van der Waals surface area contributed by atoms with Crippen molar-refractivity contribution < 1.29 is 14.3 Å². The maximum absolute atomic E-state index is 11.7. The molecule has 20 heavy (non-hydrogen) atoms. The van der Waals surface area contributed by atoms with Crippen molar-refractivity contribution in [1.29, 1.82) is 0 Å². The zero-order valence-corrected chi connectivity index (χ0v) is 12.7. The fourth-order valence-corrected chi connectivity index (χ4v) is 1.96. The van der Waals surface area contributed by atoms with Gasteiger partial charge in [0, 0.05) is 16.1 Å². The zero-order valence-electron chi connectivity index (χ0n) is 11.2. The van der Waals surface area contributed by atoms with E-state index in [0.717, 1.165) is 0 Å². The lowest BCUT2D eigenvalue weighted by atomic mass is 10.2. The number of rotatable bonds is 5. The van der Waals surface area contributed by atoms with Crippen molar-refractivity contribution in [2.45, 2.75) is 19.4 Å². The molecule has 1 amide bonds. The smallest absolute Gasteiger partial charge is 0.328 e. The molecule has 1 N–H and O–H groups in total. The summed E-state index contributed by atoms with van der Waals surface area (Å²) in [6, 6.07) is 4.31. The van der Waals surface area contributed by atoms with Gasteiger partial charge in [-0.3, -0.25) is 4.79 Å². The molecule has 0 aliphatic rings. The SMILES string of the molecule is CCC(NC(=O)/C=C/c1ccc(Cl)cc1Cl)C(=O)OC. The number of nitrogens with one attached hydrogen (secondary N) is 1. The normalized spacial score (nSPS) is 12.2. The Balaban J connectivity index is 2.70. The second-order valence-electron chi connectivity index (χ2n) is 3.99. The van der Waals surface area contributed by atoms with Gasteiger partial charge in [-0.2, -0.15) is 0 Å². The second kappa shape index (κ2) is 7.92.